The maximum atomic E-state index is 12.5. The number of hydrogen-bond acceptors (Lipinski definition) is 2. The zero-order valence-corrected chi connectivity index (χ0v) is 11.5. The van der Waals surface area contributed by atoms with Crippen LogP contribution in [0.3, 0.4) is 0 Å². The fourth-order valence-electron chi connectivity index (χ4n) is 2.10. The summed E-state index contributed by atoms with van der Waals surface area (Å²) in [6, 6.07) is 14.2. The van der Waals surface area contributed by atoms with Crippen LogP contribution in [0.5, 0.6) is 5.75 Å². The van der Waals surface area contributed by atoms with E-state index in [1.54, 1.807) is 12.3 Å². The predicted octanol–water partition coefficient (Wildman–Crippen LogP) is 4.83. The largest absolute Gasteiger partial charge is 0.489 e. The van der Waals surface area contributed by atoms with Crippen LogP contribution in [0, 0.1) is 0 Å². The lowest BCUT2D eigenvalue weighted by atomic mass is 10.1. The van der Waals surface area contributed by atoms with Crippen molar-refractivity contribution in [2.75, 3.05) is 0 Å². The van der Waals surface area contributed by atoms with E-state index >= 15 is 0 Å². The van der Waals surface area contributed by atoms with E-state index in [1.165, 1.54) is 12.1 Å². The van der Waals surface area contributed by atoms with Crippen LogP contribution in [0.15, 0.2) is 60.8 Å². The second-order valence-electron chi connectivity index (χ2n) is 4.84. The molecule has 0 radical (unpaired) electrons. The minimum Gasteiger partial charge on any atom is -0.489 e. The van der Waals surface area contributed by atoms with Crippen LogP contribution >= 0.6 is 0 Å². The van der Waals surface area contributed by atoms with Crippen molar-refractivity contribution in [3.63, 3.8) is 0 Å². The lowest BCUT2D eigenvalue weighted by Gasteiger charge is -2.09. The second-order valence-corrected chi connectivity index (χ2v) is 4.84. The molecule has 112 valence electrons. The number of benzene rings is 2. The Morgan fingerprint density at radius 3 is 2.45 bits per heavy atom. The smallest absolute Gasteiger partial charge is 0.416 e. The van der Waals surface area contributed by atoms with Crippen LogP contribution < -0.4 is 4.74 Å². The van der Waals surface area contributed by atoms with Crippen molar-refractivity contribution in [1.29, 1.82) is 0 Å². The quantitative estimate of drug-likeness (QED) is 0.691. The molecular formula is C17H12F3NO. The maximum absolute atomic E-state index is 12.5. The molecule has 1 aromatic heterocycles. The third kappa shape index (κ3) is 3.19. The Morgan fingerprint density at radius 1 is 0.955 bits per heavy atom. The molecule has 0 fully saturated rings. The van der Waals surface area contributed by atoms with Crippen LogP contribution in [-0.2, 0) is 12.8 Å². The van der Waals surface area contributed by atoms with E-state index in [0.717, 1.165) is 23.0 Å². The van der Waals surface area contributed by atoms with Gasteiger partial charge in [-0.3, -0.25) is 4.98 Å². The average molecular weight is 303 g/mol. The first-order valence-electron chi connectivity index (χ1n) is 6.66. The second kappa shape index (κ2) is 5.67. The molecule has 0 spiro atoms. The van der Waals surface area contributed by atoms with Gasteiger partial charge in [-0.25, -0.2) is 0 Å². The number of hydrogen-bond donors (Lipinski definition) is 0. The Hall–Kier alpha value is -2.56. The third-order valence-corrected chi connectivity index (χ3v) is 3.26. The number of nitrogens with zero attached hydrogens (tertiary/aromatic N) is 1. The number of fused-ring (bicyclic) bond motifs is 1. The molecule has 0 unspecified atom stereocenters. The molecule has 0 bridgehead atoms. The highest BCUT2D eigenvalue weighted by Crippen LogP contribution is 2.29. The van der Waals surface area contributed by atoms with Gasteiger partial charge in [-0.15, -0.1) is 0 Å². The summed E-state index contributed by atoms with van der Waals surface area (Å²) in [6.45, 7) is 0.212. The molecule has 22 heavy (non-hydrogen) atoms. The minimum atomic E-state index is -4.31. The van der Waals surface area contributed by atoms with Crippen LogP contribution in [0.1, 0.15) is 11.1 Å². The fraction of sp³-hybridized carbons (Fsp3) is 0.118. The molecule has 0 aliphatic carbocycles. The standard InChI is InChI=1S/C17H12F3NO/c18-17(19,20)14-5-3-12(4-6-14)11-22-15-7-8-16-13(10-15)2-1-9-21-16/h1-10H,11H2. The Kier molecular flexibility index (Phi) is 3.71. The van der Waals surface area contributed by atoms with Crippen LogP contribution in [0.2, 0.25) is 0 Å². The van der Waals surface area contributed by atoms with Crippen molar-refractivity contribution in [3.05, 3.63) is 71.9 Å². The highest BCUT2D eigenvalue weighted by Gasteiger charge is 2.29. The van der Waals surface area contributed by atoms with Crippen molar-refractivity contribution in [2.24, 2.45) is 0 Å². The summed E-state index contributed by atoms with van der Waals surface area (Å²) in [6.07, 6.45) is -2.60. The van der Waals surface area contributed by atoms with Gasteiger partial charge in [0.05, 0.1) is 11.1 Å². The summed E-state index contributed by atoms with van der Waals surface area (Å²) in [7, 11) is 0. The van der Waals surface area contributed by atoms with Crippen molar-refractivity contribution in [3.8, 4) is 5.75 Å². The highest BCUT2D eigenvalue weighted by atomic mass is 19.4. The number of aromatic nitrogens is 1. The molecule has 0 saturated heterocycles. The van der Waals surface area contributed by atoms with Crippen LogP contribution in [0.25, 0.3) is 10.9 Å². The number of halogens is 3. The zero-order valence-electron chi connectivity index (χ0n) is 11.5. The fourth-order valence-corrected chi connectivity index (χ4v) is 2.10. The van der Waals surface area contributed by atoms with Crippen LogP contribution in [-0.4, -0.2) is 4.98 Å². The normalized spacial score (nSPS) is 11.6. The molecular weight excluding hydrogens is 291 g/mol. The molecule has 0 amide bonds. The molecule has 2 nitrogen and oxygen atoms in total. The monoisotopic (exact) mass is 303 g/mol. The Labute approximate surface area is 125 Å². The molecule has 3 aromatic rings. The summed E-state index contributed by atoms with van der Waals surface area (Å²) >= 11 is 0. The number of ether oxygens (including phenoxy) is 1. The van der Waals surface area contributed by atoms with Gasteiger partial charge in [0, 0.05) is 11.6 Å². The molecule has 0 saturated carbocycles. The highest BCUT2D eigenvalue weighted by molar-refractivity contribution is 5.79. The minimum absolute atomic E-state index is 0.212. The van der Waals surface area contributed by atoms with E-state index in [9.17, 15) is 13.2 Å². The third-order valence-electron chi connectivity index (χ3n) is 3.26. The van der Waals surface area contributed by atoms with Gasteiger partial charge in [0.25, 0.3) is 0 Å². The molecule has 5 heteroatoms. The van der Waals surface area contributed by atoms with Gasteiger partial charge in [0.2, 0.25) is 0 Å². The first-order valence-corrected chi connectivity index (χ1v) is 6.66. The molecule has 0 atom stereocenters. The van der Waals surface area contributed by atoms with E-state index in [1.807, 2.05) is 24.3 Å². The van der Waals surface area contributed by atoms with E-state index < -0.39 is 11.7 Å². The van der Waals surface area contributed by atoms with Gasteiger partial charge < -0.3 is 4.74 Å². The Morgan fingerprint density at radius 2 is 1.73 bits per heavy atom. The van der Waals surface area contributed by atoms with Crippen molar-refractivity contribution in [2.45, 2.75) is 12.8 Å². The molecule has 0 aliphatic heterocycles. The first-order chi connectivity index (χ1) is 10.5. The summed E-state index contributed by atoms with van der Waals surface area (Å²) < 4.78 is 43.1. The van der Waals surface area contributed by atoms with E-state index in [4.69, 9.17) is 4.74 Å². The summed E-state index contributed by atoms with van der Waals surface area (Å²) in [5.74, 6) is 0.653. The molecule has 1 heterocycles. The van der Waals surface area contributed by atoms with E-state index in [2.05, 4.69) is 4.98 Å². The van der Waals surface area contributed by atoms with Crippen molar-refractivity contribution in [1.82, 2.24) is 4.98 Å². The Balaban J connectivity index is 1.71. The topological polar surface area (TPSA) is 22.1 Å². The Bertz CT molecular complexity index is 782. The summed E-state index contributed by atoms with van der Waals surface area (Å²) in [5, 5.41) is 0.951. The van der Waals surface area contributed by atoms with Crippen molar-refractivity contribution < 1.29 is 17.9 Å². The summed E-state index contributed by atoms with van der Waals surface area (Å²) in [4.78, 5) is 4.21. The van der Waals surface area contributed by atoms with Gasteiger partial charge >= 0.3 is 6.18 Å². The van der Waals surface area contributed by atoms with Gasteiger partial charge in [-0.2, -0.15) is 13.2 Å². The SMILES string of the molecule is FC(F)(F)c1ccc(COc2ccc3ncccc3c2)cc1. The van der Waals surface area contributed by atoms with Gasteiger partial charge in [-0.05, 0) is 42.0 Å². The number of pyridine rings is 1. The molecule has 3 rings (SSSR count). The van der Waals surface area contributed by atoms with Gasteiger partial charge in [0.1, 0.15) is 12.4 Å². The van der Waals surface area contributed by atoms with Crippen molar-refractivity contribution >= 4 is 10.9 Å². The van der Waals surface area contributed by atoms with Gasteiger partial charge in [-0.1, -0.05) is 18.2 Å². The molecule has 2 aromatic carbocycles. The van der Waals surface area contributed by atoms with E-state index in [-0.39, 0.29) is 6.61 Å². The lowest BCUT2D eigenvalue weighted by molar-refractivity contribution is -0.137. The zero-order chi connectivity index (χ0) is 15.6. The van der Waals surface area contributed by atoms with Gasteiger partial charge in [0.15, 0.2) is 0 Å². The predicted molar refractivity (Wildman–Crippen MR) is 77.5 cm³/mol. The summed E-state index contributed by atoms with van der Waals surface area (Å²) in [5.41, 5.74) is 0.886. The molecule has 0 aliphatic rings. The van der Waals surface area contributed by atoms with E-state index in [0.29, 0.717) is 11.3 Å². The average Bonchev–Trinajstić information content (AvgIpc) is 2.52. The van der Waals surface area contributed by atoms with Crippen LogP contribution in [0.4, 0.5) is 13.2 Å². The number of rotatable bonds is 3. The number of alkyl halides is 3. The lowest BCUT2D eigenvalue weighted by Crippen LogP contribution is -2.05. The maximum Gasteiger partial charge on any atom is 0.416 e. The molecule has 0 N–H and O–H groups in total. The first kappa shape index (κ1) is 14.4.